The van der Waals surface area contributed by atoms with Crippen LogP contribution in [0.5, 0.6) is 0 Å². The van der Waals surface area contributed by atoms with E-state index in [0.717, 1.165) is 16.4 Å². The van der Waals surface area contributed by atoms with Crippen molar-refractivity contribution in [1.82, 2.24) is 15.3 Å². The van der Waals surface area contributed by atoms with Gasteiger partial charge in [0.25, 0.3) is 0 Å². The Bertz CT molecular complexity index is 490. The molecule has 0 saturated heterocycles. The first-order valence-corrected chi connectivity index (χ1v) is 6.71. The number of nitrogens with one attached hydrogen (secondary N) is 1. The number of hydrogen-bond donors (Lipinski definition) is 2. The lowest BCUT2D eigenvalue weighted by molar-refractivity contribution is 0.0794. The van der Waals surface area contributed by atoms with Gasteiger partial charge in [0.2, 0.25) is 0 Å². The summed E-state index contributed by atoms with van der Waals surface area (Å²) in [4.78, 5) is 8.78. The molecule has 0 atom stereocenters. The van der Waals surface area contributed by atoms with Gasteiger partial charge in [-0.15, -0.1) is 11.3 Å². The van der Waals surface area contributed by atoms with Crippen LogP contribution in [-0.2, 0) is 6.54 Å². The summed E-state index contributed by atoms with van der Waals surface area (Å²) in [7, 11) is 0. The zero-order valence-corrected chi connectivity index (χ0v) is 11.4. The Morgan fingerprint density at radius 1 is 1.39 bits per heavy atom. The quantitative estimate of drug-likeness (QED) is 0.867. The second kappa shape index (κ2) is 5.56. The summed E-state index contributed by atoms with van der Waals surface area (Å²) in [6.07, 6.45) is 1.77. The minimum Gasteiger partial charge on any atom is -0.389 e. The van der Waals surface area contributed by atoms with Crippen LogP contribution < -0.4 is 5.32 Å². The highest BCUT2D eigenvalue weighted by Gasteiger charge is 2.12. The second-order valence-corrected chi connectivity index (χ2v) is 5.63. The number of hydrogen-bond acceptors (Lipinski definition) is 5. The molecular formula is C13H17N3OS. The molecule has 0 bridgehead atoms. The summed E-state index contributed by atoms with van der Waals surface area (Å²) in [5.41, 5.74) is 1.18. The normalized spacial score (nSPS) is 11.7. The van der Waals surface area contributed by atoms with Crippen molar-refractivity contribution < 1.29 is 5.11 Å². The van der Waals surface area contributed by atoms with Crippen LogP contribution in [0.15, 0.2) is 29.8 Å². The average Bonchev–Trinajstić information content (AvgIpc) is 2.77. The Morgan fingerprint density at radius 3 is 2.89 bits per heavy atom. The molecule has 0 amide bonds. The fourth-order valence-electron chi connectivity index (χ4n) is 1.49. The van der Waals surface area contributed by atoms with Crippen LogP contribution in [-0.4, -0.2) is 27.2 Å². The average molecular weight is 263 g/mol. The number of thiazole rings is 1. The third-order valence-corrected chi connectivity index (χ3v) is 3.21. The van der Waals surface area contributed by atoms with E-state index in [1.807, 2.05) is 23.6 Å². The first kappa shape index (κ1) is 13.1. The Balaban J connectivity index is 1.95. The minimum atomic E-state index is -0.695. The van der Waals surface area contributed by atoms with E-state index in [2.05, 4.69) is 15.3 Å². The van der Waals surface area contributed by atoms with Gasteiger partial charge in [-0.2, -0.15) is 0 Å². The molecule has 0 spiro atoms. The molecule has 4 nitrogen and oxygen atoms in total. The molecule has 2 heterocycles. The molecule has 0 aliphatic carbocycles. The predicted octanol–water partition coefficient (Wildman–Crippen LogP) is 2.07. The Kier molecular flexibility index (Phi) is 4.06. The monoisotopic (exact) mass is 263 g/mol. The summed E-state index contributed by atoms with van der Waals surface area (Å²) < 4.78 is 0. The first-order valence-electron chi connectivity index (χ1n) is 5.83. The van der Waals surface area contributed by atoms with Gasteiger partial charge in [0.05, 0.1) is 17.0 Å². The molecule has 0 aliphatic heterocycles. The molecule has 18 heavy (non-hydrogen) atoms. The number of rotatable bonds is 5. The lowest BCUT2D eigenvalue weighted by atomic mass is 10.1. The zero-order chi connectivity index (χ0) is 13.0. The van der Waals surface area contributed by atoms with Gasteiger partial charge in [-0.05, 0) is 26.0 Å². The summed E-state index contributed by atoms with van der Waals surface area (Å²) in [5, 5.41) is 15.7. The topological polar surface area (TPSA) is 58.0 Å². The number of aliphatic hydroxyl groups is 1. The van der Waals surface area contributed by atoms with Crippen LogP contribution in [0.4, 0.5) is 0 Å². The van der Waals surface area contributed by atoms with Crippen molar-refractivity contribution in [2.24, 2.45) is 0 Å². The molecule has 0 aromatic carbocycles. The molecule has 2 N–H and O–H groups in total. The van der Waals surface area contributed by atoms with E-state index in [1.165, 1.54) is 0 Å². The van der Waals surface area contributed by atoms with Gasteiger partial charge < -0.3 is 10.4 Å². The molecule has 0 saturated carbocycles. The number of pyridine rings is 1. The maximum atomic E-state index is 9.59. The van der Waals surface area contributed by atoms with Crippen molar-refractivity contribution >= 4 is 11.3 Å². The summed E-state index contributed by atoms with van der Waals surface area (Å²) in [6, 6.07) is 5.80. The van der Waals surface area contributed by atoms with Crippen molar-refractivity contribution in [3.8, 4) is 10.7 Å². The van der Waals surface area contributed by atoms with Gasteiger partial charge in [0.1, 0.15) is 5.01 Å². The highest BCUT2D eigenvalue weighted by Crippen LogP contribution is 2.21. The van der Waals surface area contributed by atoms with E-state index in [9.17, 15) is 5.11 Å². The Labute approximate surface area is 111 Å². The standard InChI is InChI=1S/C13H17N3OS/c1-13(2,17)9-14-7-10-8-18-12(16-10)11-5-3-4-6-15-11/h3-6,8,14,17H,7,9H2,1-2H3. The van der Waals surface area contributed by atoms with Gasteiger partial charge in [-0.25, -0.2) is 4.98 Å². The molecule has 0 fully saturated rings. The lowest BCUT2D eigenvalue weighted by Gasteiger charge is -2.16. The molecule has 5 heteroatoms. The SMILES string of the molecule is CC(C)(O)CNCc1csc(-c2ccccn2)n1. The minimum absolute atomic E-state index is 0.545. The summed E-state index contributed by atoms with van der Waals surface area (Å²) in [5.74, 6) is 0. The van der Waals surface area contributed by atoms with Crippen molar-refractivity contribution in [2.75, 3.05) is 6.54 Å². The van der Waals surface area contributed by atoms with Crippen LogP contribution in [0.1, 0.15) is 19.5 Å². The van der Waals surface area contributed by atoms with Gasteiger partial charge in [-0.1, -0.05) is 6.07 Å². The van der Waals surface area contributed by atoms with E-state index in [4.69, 9.17) is 0 Å². The maximum absolute atomic E-state index is 9.59. The van der Waals surface area contributed by atoms with Gasteiger partial charge in [0.15, 0.2) is 0 Å². The van der Waals surface area contributed by atoms with Gasteiger partial charge in [-0.3, -0.25) is 4.98 Å². The van der Waals surface area contributed by atoms with Crippen molar-refractivity contribution in [2.45, 2.75) is 26.0 Å². The molecular weight excluding hydrogens is 246 g/mol. The molecule has 2 aromatic rings. The van der Waals surface area contributed by atoms with Crippen LogP contribution in [0.3, 0.4) is 0 Å². The largest absolute Gasteiger partial charge is 0.389 e. The smallest absolute Gasteiger partial charge is 0.142 e. The zero-order valence-electron chi connectivity index (χ0n) is 10.6. The third-order valence-electron chi connectivity index (χ3n) is 2.30. The van der Waals surface area contributed by atoms with Crippen molar-refractivity contribution in [3.05, 3.63) is 35.5 Å². The Hall–Kier alpha value is -1.30. The van der Waals surface area contributed by atoms with Crippen molar-refractivity contribution in [1.29, 1.82) is 0 Å². The second-order valence-electron chi connectivity index (χ2n) is 4.77. The predicted molar refractivity (Wildman–Crippen MR) is 73.3 cm³/mol. The van der Waals surface area contributed by atoms with Crippen LogP contribution in [0, 0.1) is 0 Å². The summed E-state index contributed by atoms with van der Waals surface area (Å²) >= 11 is 1.58. The highest BCUT2D eigenvalue weighted by molar-refractivity contribution is 7.13. The van der Waals surface area contributed by atoms with Gasteiger partial charge >= 0.3 is 0 Å². The Morgan fingerprint density at radius 2 is 2.22 bits per heavy atom. The summed E-state index contributed by atoms with van der Waals surface area (Å²) in [6.45, 7) is 4.76. The van der Waals surface area contributed by atoms with E-state index < -0.39 is 5.60 Å². The maximum Gasteiger partial charge on any atom is 0.142 e. The van der Waals surface area contributed by atoms with E-state index in [-0.39, 0.29) is 0 Å². The van der Waals surface area contributed by atoms with Crippen LogP contribution in [0.25, 0.3) is 10.7 Å². The fraction of sp³-hybridized carbons (Fsp3) is 0.385. The molecule has 0 unspecified atom stereocenters. The fourth-order valence-corrected chi connectivity index (χ4v) is 2.29. The molecule has 0 radical (unpaired) electrons. The van der Waals surface area contributed by atoms with Crippen LogP contribution in [0.2, 0.25) is 0 Å². The lowest BCUT2D eigenvalue weighted by Crippen LogP contribution is -2.34. The molecule has 2 aromatic heterocycles. The van der Waals surface area contributed by atoms with E-state index in [1.54, 1.807) is 31.4 Å². The van der Waals surface area contributed by atoms with Crippen LogP contribution >= 0.6 is 11.3 Å². The first-order chi connectivity index (χ1) is 8.54. The van der Waals surface area contributed by atoms with Crippen molar-refractivity contribution in [3.63, 3.8) is 0 Å². The van der Waals surface area contributed by atoms with E-state index >= 15 is 0 Å². The third kappa shape index (κ3) is 3.87. The molecule has 2 rings (SSSR count). The highest BCUT2D eigenvalue weighted by atomic mass is 32.1. The van der Waals surface area contributed by atoms with Gasteiger partial charge in [0, 0.05) is 24.7 Å². The number of aromatic nitrogens is 2. The molecule has 96 valence electrons. The number of nitrogens with zero attached hydrogens (tertiary/aromatic N) is 2. The van der Waals surface area contributed by atoms with E-state index in [0.29, 0.717) is 13.1 Å². The molecule has 0 aliphatic rings.